The Bertz CT molecular complexity index is 1140. The van der Waals surface area contributed by atoms with Crippen molar-refractivity contribution >= 4 is 29.1 Å². The maximum Gasteiger partial charge on any atom is 0.255 e. The van der Waals surface area contributed by atoms with Gasteiger partial charge in [0.15, 0.2) is 0 Å². The number of carbonyl (C=O) groups is 2. The molecule has 2 aromatic carbocycles. The molecular formula is C27H31ClN4O3. The first-order valence-corrected chi connectivity index (χ1v) is 12.4. The summed E-state index contributed by atoms with van der Waals surface area (Å²) in [6, 6.07) is 12.5. The number of anilines is 1. The summed E-state index contributed by atoms with van der Waals surface area (Å²) in [6.45, 7) is 8.27. The van der Waals surface area contributed by atoms with Crippen LogP contribution in [-0.2, 0) is 16.1 Å². The van der Waals surface area contributed by atoms with Crippen LogP contribution >= 0.6 is 11.6 Å². The number of ether oxygens (including phenoxy) is 1. The van der Waals surface area contributed by atoms with Crippen molar-refractivity contribution in [2.24, 2.45) is 5.92 Å². The van der Waals surface area contributed by atoms with Crippen LogP contribution in [-0.4, -0.2) is 60.5 Å². The monoisotopic (exact) mass is 494 g/mol. The number of nitriles is 1. The molecule has 8 heteroatoms. The molecule has 2 fully saturated rings. The third-order valence-electron chi connectivity index (χ3n) is 6.88. The van der Waals surface area contributed by atoms with Crippen LogP contribution in [0.1, 0.15) is 46.8 Å². The molecule has 7 nitrogen and oxygen atoms in total. The first-order chi connectivity index (χ1) is 16.9. The number of halogens is 1. The molecule has 0 bridgehead atoms. The fourth-order valence-corrected chi connectivity index (χ4v) is 5.11. The van der Waals surface area contributed by atoms with Gasteiger partial charge < -0.3 is 15.0 Å². The van der Waals surface area contributed by atoms with Gasteiger partial charge in [-0.1, -0.05) is 17.7 Å². The lowest BCUT2D eigenvalue weighted by molar-refractivity contribution is -0.144. The fraction of sp³-hybridized carbons (Fsp3) is 0.444. The minimum Gasteiger partial charge on any atom is -0.381 e. The van der Waals surface area contributed by atoms with Crippen molar-refractivity contribution in [2.75, 3.05) is 38.2 Å². The molecule has 184 valence electrons. The molecule has 2 aliphatic rings. The number of nitrogens with zero attached hydrogens (tertiary/aromatic N) is 3. The van der Waals surface area contributed by atoms with E-state index in [1.165, 1.54) is 0 Å². The van der Waals surface area contributed by atoms with Crippen LogP contribution < -0.4 is 5.32 Å². The Labute approximate surface area is 211 Å². The van der Waals surface area contributed by atoms with E-state index >= 15 is 0 Å². The fourth-order valence-electron chi connectivity index (χ4n) is 4.87. The molecule has 4 rings (SSSR count). The Balaban J connectivity index is 1.42. The molecular weight excluding hydrogens is 464 g/mol. The van der Waals surface area contributed by atoms with Crippen LogP contribution in [0, 0.1) is 24.2 Å². The van der Waals surface area contributed by atoms with E-state index in [-0.39, 0.29) is 23.8 Å². The molecule has 2 atom stereocenters. The molecule has 2 amide bonds. The van der Waals surface area contributed by atoms with Gasteiger partial charge in [-0.2, -0.15) is 5.26 Å². The summed E-state index contributed by atoms with van der Waals surface area (Å²) in [7, 11) is 0. The summed E-state index contributed by atoms with van der Waals surface area (Å²) in [6.07, 6.45) is 1.85. The normalized spacial score (nSPS) is 20.8. The van der Waals surface area contributed by atoms with Crippen LogP contribution in [0.15, 0.2) is 36.4 Å². The molecule has 2 aliphatic heterocycles. The van der Waals surface area contributed by atoms with Gasteiger partial charge in [0.2, 0.25) is 5.91 Å². The van der Waals surface area contributed by atoms with Crippen molar-refractivity contribution in [3.05, 3.63) is 63.7 Å². The van der Waals surface area contributed by atoms with Gasteiger partial charge in [-0.3, -0.25) is 14.5 Å². The molecule has 0 saturated carbocycles. The molecule has 0 unspecified atom stereocenters. The van der Waals surface area contributed by atoms with Gasteiger partial charge in [-0.15, -0.1) is 0 Å². The average molecular weight is 495 g/mol. The Kier molecular flexibility index (Phi) is 8.07. The van der Waals surface area contributed by atoms with Crippen LogP contribution in [0.25, 0.3) is 0 Å². The molecule has 1 N–H and O–H groups in total. The number of rotatable bonds is 5. The zero-order valence-electron chi connectivity index (χ0n) is 20.2. The number of hydrogen-bond acceptors (Lipinski definition) is 5. The molecule has 2 saturated heterocycles. The van der Waals surface area contributed by atoms with E-state index in [1.54, 1.807) is 30.3 Å². The van der Waals surface area contributed by atoms with Gasteiger partial charge in [-0.25, -0.2) is 0 Å². The Hall–Kier alpha value is -2.92. The number of amides is 2. The quantitative estimate of drug-likeness (QED) is 0.672. The second kappa shape index (κ2) is 11.2. The Morgan fingerprint density at radius 3 is 2.80 bits per heavy atom. The minimum atomic E-state index is -0.286. The second-order valence-corrected chi connectivity index (χ2v) is 9.85. The van der Waals surface area contributed by atoms with Crippen LogP contribution in [0.2, 0.25) is 5.02 Å². The summed E-state index contributed by atoms with van der Waals surface area (Å²) in [4.78, 5) is 30.1. The third-order valence-corrected chi connectivity index (χ3v) is 7.10. The highest BCUT2D eigenvalue weighted by molar-refractivity contribution is 6.31. The van der Waals surface area contributed by atoms with Crippen LogP contribution in [0.4, 0.5) is 5.69 Å². The van der Waals surface area contributed by atoms with Gasteiger partial charge in [0.05, 0.1) is 24.2 Å². The second-order valence-electron chi connectivity index (χ2n) is 9.41. The Morgan fingerprint density at radius 1 is 1.26 bits per heavy atom. The van der Waals surface area contributed by atoms with Crippen molar-refractivity contribution in [1.29, 1.82) is 5.26 Å². The van der Waals surface area contributed by atoms with Crippen molar-refractivity contribution in [2.45, 2.75) is 39.3 Å². The molecule has 0 aliphatic carbocycles. The van der Waals surface area contributed by atoms with Gasteiger partial charge >= 0.3 is 0 Å². The van der Waals surface area contributed by atoms with Crippen LogP contribution in [0.5, 0.6) is 0 Å². The topological polar surface area (TPSA) is 85.7 Å². The maximum atomic E-state index is 13.0. The van der Waals surface area contributed by atoms with E-state index in [0.29, 0.717) is 41.5 Å². The lowest BCUT2D eigenvalue weighted by Gasteiger charge is -2.42. The highest BCUT2D eigenvalue weighted by Gasteiger charge is 2.33. The summed E-state index contributed by atoms with van der Waals surface area (Å²) in [5.41, 5.74) is 3.49. The molecule has 35 heavy (non-hydrogen) atoms. The summed E-state index contributed by atoms with van der Waals surface area (Å²) >= 11 is 6.42. The predicted octanol–water partition coefficient (Wildman–Crippen LogP) is 4.23. The van der Waals surface area contributed by atoms with Crippen molar-refractivity contribution in [1.82, 2.24) is 9.80 Å². The highest BCUT2D eigenvalue weighted by Crippen LogP contribution is 2.28. The number of benzene rings is 2. The zero-order chi connectivity index (χ0) is 24.9. The third kappa shape index (κ3) is 6.02. The smallest absolute Gasteiger partial charge is 0.255 e. The first kappa shape index (κ1) is 25.2. The van der Waals surface area contributed by atoms with Gasteiger partial charge in [0.25, 0.3) is 5.91 Å². The van der Waals surface area contributed by atoms with Crippen LogP contribution in [0.3, 0.4) is 0 Å². The van der Waals surface area contributed by atoms with E-state index in [0.717, 1.165) is 43.7 Å². The molecule has 0 aromatic heterocycles. The zero-order valence-corrected chi connectivity index (χ0v) is 21.0. The van der Waals surface area contributed by atoms with Gasteiger partial charge in [0.1, 0.15) is 0 Å². The van der Waals surface area contributed by atoms with E-state index in [1.807, 2.05) is 17.9 Å². The summed E-state index contributed by atoms with van der Waals surface area (Å²) < 4.78 is 5.52. The Morgan fingerprint density at radius 2 is 2.09 bits per heavy atom. The van der Waals surface area contributed by atoms with Gasteiger partial charge in [0, 0.05) is 55.1 Å². The van der Waals surface area contributed by atoms with E-state index in [9.17, 15) is 9.59 Å². The molecule has 0 radical (unpaired) electrons. The minimum absolute atomic E-state index is 0.0204. The first-order valence-electron chi connectivity index (χ1n) is 12.1. The van der Waals surface area contributed by atoms with Crippen molar-refractivity contribution < 1.29 is 14.3 Å². The van der Waals surface area contributed by atoms with Crippen molar-refractivity contribution in [3.8, 4) is 6.07 Å². The predicted molar refractivity (Wildman–Crippen MR) is 135 cm³/mol. The number of nitrogens with one attached hydrogen (secondary N) is 1. The number of hydrogen-bond donors (Lipinski definition) is 1. The molecule has 2 aromatic rings. The van der Waals surface area contributed by atoms with E-state index < -0.39 is 0 Å². The SMILES string of the molecule is Cc1c(CN2CCN(C(=O)[C@@H]3CCCOC3)[C@@H](C)C2)cc(Cl)cc1NC(=O)c1cccc(C#N)c1. The summed E-state index contributed by atoms with van der Waals surface area (Å²) in [5, 5.41) is 12.6. The lowest BCUT2D eigenvalue weighted by atomic mass is 9.99. The maximum absolute atomic E-state index is 13.0. The van der Waals surface area contributed by atoms with E-state index in [2.05, 4.69) is 23.2 Å². The van der Waals surface area contributed by atoms with Gasteiger partial charge in [-0.05, 0) is 68.1 Å². The highest BCUT2D eigenvalue weighted by atomic mass is 35.5. The molecule has 2 heterocycles. The average Bonchev–Trinajstić information content (AvgIpc) is 2.87. The number of carbonyl (C=O) groups excluding carboxylic acids is 2. The standard InChI is InChI=1S/C27H31ClN4O3/c1-18-15-31(8-9-32(18)27(34)22-7-4-10-35-17-22)16-23-12-24(28)13-25(19(23)2)30-26(33)21-6-3-5-20(11-21)14-29/h3,5-6,11-13,18,22H,4,7-10,15-17H2,1-2H3,(H,30,33)/t18-,22+/m0/s1. The van der Waals surface area contributed by atoms with E-state index in [4.69, 9.17) is 21.6 Å². The lowest BCUT2D eigenvalue weighted by Crippen LogP contribution is -2.55. The summed E-state index contributed by atoms with van der Waals surface area (Å²) in [5.74, 6) is -0.0972. The largest absolute Gasteiger partial charge is 0.381 e. The molecule has 0 spiro atoms. The number of piperazine rings is 1. The van der Waals surface area contributed by atoms with Crippen molar-refractivity contribution in [3.63, 3.8) is 0 Å².